The Bertz CT molecular complexity index is 675. The Kier molecular flexibility index (Phi) is 2.76. The minimum absolute atomic E-state index is 0.00578. The number of nitrogens with one attached hydrogen (secondary N) is 2. The van der Waals surface area contributed by atoms with Gasteiger partial charge in [-0.15, -0.1) is 0 Å². The van der Waals surface area contributed by atoms with Gasteiger partial charge in [-0.2, -0.15) is 0 Å². The van der Waals surface area contributed by atoms with Crippen molar-refractivity contribution in [2.75, 3.05) is 5.73 Å². The summed E-state index contributed by atoms with van der Waals surface area (Å²) >= 11 is 0. The number of aliphatic hydroxyl groups excluding tert-OH is 1. The number of nitrogens with two attached hydrogens (primary N) is 1. The predicted molar refractivity (Wildman–Crippen MR) is 78.4 cm³/mol. The molecule has 0 radical (unpaired) electrons. The molecule has 1 aromatic heterocycles. The molecule has 2 aromatic rings. The average Bonchev–Trinajstić information content (AvgIpc) is 2.84. The highest BCUT2D eigenvalue weighted by atomic mass is 16.3. The molecule has 0 saturated heterocycles. The number of rotatable bonds is 2. The number of aromatic amines is 1. The van der Waals surface area contributed by atoms with Crippen LogP contribution in [0.3, 0.4) is 0 Å². The summed E-state index contributed by atoms with van der Waals surface area (Å²) in [5, 5.41) is 13.6. The van der Waals surface area contributed by atoms with Crippen molar-refractivity contribution < 1.29 is 9.90 Å². The van der Waals surface area contributed by atoms with E-state index in [0.29, 0.717) is 17.8 Å². The SMILES string of the molecule is CC1(C)C(O)CC1NC(=O)c1cc2cccc(N)c2[nH]1. The van der Waals surface area contributed by atoms with Gasteiger partial charge in [0.15, 0.2) is 0 Å². The zero-order valence-electron chi connectivity index (χ0n) is 11.6. The predicted octanol–water partition coefficient (Wildman–Crippen LogP) is 1.64. The Hall–Kier alpha value is -2.01. The van der Waals surface area contributed by atoms with Crippen LogP contribution in [0.4, 0.5) is 5.69 Å². The van der Waals surface area contributed by atoms with Crippen molar-refractivity contribution in [2.45, 2.75) is 32.4 Å². The third kappa shape index (κ3) is 1.86. The van der Waals surface area contributed by atoms with Crippen LogP contribution < -0.4 is 11.1 Å². The van der Waals surface area contributed by atoms with E-state index in [0.717, 1.165) is 10.9 Å². The van der Waals surface area contributed by atoms with Gasteiger partial charge in [-0.05, 0) is 18.6 Å². The molecule has 1 amide bonds. The van der Waals surface area contributed by atoms with E-state index in [1.54, 1.807) is 12.1 Å². The van der Waals surface area contributed by atoms with Crippen LogP contribution in [-0.2, 0) is 0 Å². The number of amides is 1. The number of H-pyrrole nitrogens is 1. The summed E-state index contributed by atoms with van der Waals surface area (Å²) < 4.78 is 0. The molecule has 3 rings (SSSR count). The number of fused-ring (bicyclic) bond motifs is 1. The summed E-state index contributed by atoms with van der Waals surface area (Å²) in [4.78, 5) is 15.3. The van der Waals surface area contributed by atoms with Crippen LogP contribution in [0.25, 0.3) is 10.9 Å². The second kappa shape index (κ2) is 4.24. The van der Waals surface area contributed by atoms with Crippen molar-refractivity contribution in [3.63, 3.8) is 0 Å². The van der Waals surface area contributed by atoms with Gasteiger partial charge in [-0.1, -0.05) is 26.0 Å². The van der Waals surface area contributed by atoms with Crippen molar-refractivity contribution >= 4 is 22.5 Å². The van der Waals surface area contributed by atoms with Gasteiger partial charge in [0, 0.05) is 16.8 Å². The number of hydrogen-bond acceptors (Lipinski definition) is 3. The summed E-state index contributed by atoms with van der Waals surface area (Å²) in [6, 6.07) is 7.36. The maximum Gasteiger partial charge on any atom is 0.267 e. The molecular formula is C15H19N3O2. The van der Waals surface area contributed by atoms with Gasteiger partial charge in [0.25, 0.3) is 5.91 Å². The molecule has 20 heavy (non-hydrogen) atoms. The molecule has 2 atom stereocenters. The van der Waals surface area contributed by atoms with E-state index in [9.17, 15) is 9.90 Å². The molecule has 5 nitrogen and oxygen atoms in total. The summed E-state index contributed by atoms with van der Waals surface area (Å²) in [5.41, 5.74) is 7.50. The number of aromatic nitrogens is 1. The molecule has 1 aliphatic rings. The third-order valence-electron chi connectivity index (χ3n) is 4.45. The van der Waals surface area contributed by atoms with Crippen LogP contribution in [0.1, 0.15) is 30.8 Å². The Morgan fingerprint density at radius 1 is 1.50 bits per heavy atom. The van der Waals surface area contributed by atoms with Gasteiger partial charge >= 0.3 is 0 Å². The van der Waals surface area contributed by atoms with Crippen molar-refractivity contribution in [2.24, 2.45) is 5.41 Å². The van der Waals surface area contributed by atoms with Crippen LogP contribution in [0.5, 0.6) is 0 Å². The van der Waals surface area contributed by atoms with Crippen LogP contribution in [-0.4, -0.2) is 28.1 Å². The number of benzene rings is 1. The third-order valence-corrected chi connectivity index (χ3v) is 4.45. The van der Waals surface area contributed by atoms with Gasteiger partial charge in [-0.25, -0.2) is 0 Å². The first-order chi connectivity index (χ1) is 9.39. The summed E-state index contributed by atoms with van der Waals surface area (Å²) in [6.07, 6.45) is 0.243. The normalized spacial score (nSPS) is 24.4. The minimum Gasteiger partial charge on any atom is -0.397 e. The molecule has 1 heterocycles. The number of hydrogen-bond donors (Lipinski definition) is 4. The number of para-hydroxylation sites is 1. The smallest absolute Gasteiger partial charge is 0.267 e. The van der Waals surface area contributed by atoms with Crippen molar-refractivity contribution in [1.29, 1.82) is 0 Å². The maximum atomic E-state index is 12.3. The topological polar surface area (TPSA) is 91.1 Å². The van der Waals surface area contributed by atoms with Gasteiger partial charge in [0.1, 0.15) is 5.69 Å². The fourth-order valence-electron chi connectivity index (χ4n) is 2.69. The van der Waals surface area contributed by atoms with E-state index in [1.807, 2.05) is 26.0 Å². The molecule has 1 aliphatic carbocycles. The zero-order valence-corrected chi connectivity index (χ0v) is 11.6. The molecule has 106 valence electrons. The molecule has 5 heteroatoms. The molecule has 0 spiro atoms. The van der Waals surface area contributed by atoms with Gasteiger partial charge < -0.3 is 21.1 Å². The zero-order chi connectivity index (χ0) is 14.5. The first kappa shape index (κ1) is 13.0. The lowest BCUT2D eigenvalue weighted by atomic mass is 9.64. The lowest BCUT2D eigenvalue weighted by molar-refractivity contribution is -0.0690. The summed E-state index contributed by atoms with van der Waals surface area (Å²) in [7, 11) is 0. The van der Waals surface area contributed by atoms with Gasteiger partial charge in [0.05, 0.1) is 17.3 Å². The molecule has 5 N–H and O–H groups in total. The Morgan fingerprint density at radius 3 is 2.85 bits per heavy atom. The van der Waals surface area contributed by atoms with Crippen molar-refractivity contribution in [1.82, 2.24) is 10.3 Å². The molecule has 0 aliphatic heterocycles. The number of carbonyl (C=O) groups is 1. The first-order valence-electron chi connectivity index (χ1n) is 6.75. The molecule has 0 bridgehead atoms. The van der Waals surface area contributed by atoms with E-state index in [1.165, 1.54) is 0 Å². The summed E-state index contributed by atoms with van der Waals surface area (Å²) in [5.74, 6) is -0.162. The van der Waals surface area contributed by atoms with E-state index >= 15 is 0 Å². The van der Waals surface area contributed by atoms with Gasteiger partial charge in [-0.3, -0.25) is 4.79 Å². The number of anilines is 1. The highest BCUT2D eigenvalue weighted by molar-refractivity contribution is 6.01. The average molecular weight is 273 g/mol. The Labute approximate surface area is 117 Å². The number of nitrogen functional groups attached to an aromatic ring is 1. The maximum absolute atomic E-state index is 12.3. The fourth-order valence-corrected chi connectivity index (χ4v) is 2.69. The van der Waals surface area contributed by atoms with Crippen molar-refractivity contribution in [3.8, 4) is 0 Å². The quantitative estimate of drug-likeness (QED) is 0.627. The van der Waals surface area contributed by atoms with Gasteiger partial charge in [0.2, 0.25) is 0 Å². The fraction of sp³-hybridized carbons (Fsp3) is 0.400. The Balaban J connectivity index is 1.81. The standard InChI is InChI=1S/C15H19N3O2/c1-15(2)11(7-12(15)19)18-14(20)10-6-8-4-3-5-9(16)13(8)17-10/h3-6,11-12,17,19H,7,16H2,1-2H3,(H,18,20). The molecule has 2 unspecified atom stereocenters. The van der Waals surface area contributed by atoms with Crippen LogP contribution >= 0.6 is 0 Å². The van der Waals surface area contributed by atoms with Crippen LogP contribution in [0, 0.1) is 5.41 Å². The van der Waals surface area contributed by atoms with Crippen LogP contribution in [0.15, 0.2) is 24.3 Å². The van der Waals surface area contributed by atoms with E-state index in [4.69, 9.17) is 5.73 Å². The molecule has 1 saturated carbocycles. The lowest BCUT2D eigenvalue weighted by Crippen LogP contribution is -2.61. The monoisotopic (exact) mass is 273 g/mol. The molecule has 1 fully saturated rings. The highest BCUT2D eigenvalue weighted by Gasteiger charge is 2.48. The molecule has 1 aromatic carbocycles. The van der Waals surface area contributed by atoms with E-state index in [2.05, 4.69) is 10.3 Å². The van der Waals surface area contributed by atoms with E-state index in [-0.39, 0.29) is 23.5 Å². The summed E-state index contributed by atoms with van der Waals surface area (Å²) in [6.45, 7) is 3.91. The number of carbonyl (C=O) groups excluding carboxylic acids is 1. The van der Waals surface area contributed by atoms with Crippen LogP contribution in [0.2, 0.25) is 0 Å². The second-order valence-electron chi connectivity index (χ2n) is 6.09. The Morgan fingerprint density at radius 2 is 2.25 bits per heavy atom. The number of aliphatic hydroxyl groups is 1. The van der Waals surface area contributed by atoms with Crippen molar-refractivity contribution in [3.05, 3.63) is 30.0 Å². The highest BCUT2D eigenvalue weighted by Crippen LogP contribution is 2.40. The van der Waals surface area contributed by atoms with E-state index < -0.39 is 0 Å². The first-order valence-corrected chi connectivity index (χ1v) is 6.75. The largest absolute Gasteiger partial charge is 0.397 e. The molecular weight excluding hydrogens is 254 g/mol. The minimum atomic E-state index is -0.355. The second-order valence-corrected chi connectivity index (χ2v) is 6.09. The lowest BCUT2D eigenvalue weighted by Gasteiger charge is -2.49.